The van der Waals surface area contributed by atoms with Crippen LogP contribution in [0.2, 0.25) is 0 Å². The van der Waals surface area contributed by atoms with Crippen molar-refractivity contribution in [1.29, 1.82) is 0 Å². The fourth-order valence-electron chi connectivity index (χ4n) is 2.08. The van der Waals surface area contributed by atoms with E-state index in [1.807, 2.05) is 26.0 Å². The molecule has 1 aromatic carbocycles. The van der Waals surface area contributed by atoms with Crippen LogP contribution in [0.15, 0.2) is 28.7 Å². The summed E-state index contributed by atoms with van der Waals surface area (Å²) in [4.78, 5) is 23.8. The van der Waals surface area contributed by atoms with E-state index in [0.29, 0.717) is 22.8 Å². The van der Waals surface area contributed by atoms with Crippen molar-refractivity contribution >= 4 is 17.6 Å². The van der Waals surface area contributed by atoms with Crippen LogP contribution < -0.4 is 16.2 Å². The Hall–Kier alpha value is -2.76. The van der Waals surface area contributed by atoms with Gasteiger partial charge in [0, 0.05) is 5.69 Å². The van der Waals surface area contributed by atoms with Gasteiger partial charge in [0.15, 0.2) is 0 Å². The van der Waals surface area contributed by atoms with E-state index in [2.05, 4.69) is 16.2 Å². The lowest BCUT2D eigenvalue weighted by atomic mass is 10.1. The Balaban J connectivity index is 1.94. The topological polar surface area (TPSA) is 83.4 Å². The smallest absolute Gasteiger partial charge is 0.337 e. The minimum absolute atomic E-state index is 0.393. The maximum atomic E-state index is 11.9. The SMILES string of the molecule is Cc1cc(C(=O)NNC(=O)Nc2cccc(C)c2C)c(C)o1. The number of hydrazine groups is 1. The van der Waals surface area contributed by atoms with Crippen LogP contribution in [0.3, 0.4) is 0 Å². The van der Waals surface area contributed by atoms with Crippen molar-refractivity contribution in [3.63, 3.8) is 0 Å². The second kappa shape index (κ2) is 6.34. The molecule has 0 spiro atoms. The first kappa shape index (κ1) is 15.6. The molecule has 6 nitrogen and oxygen atoms in total. The number of nitrogens with one attached hydrogen (secondary N) is 3. The van der Waals surface area contributed by atoms with Crippen LogP contribution in [0.4, 0.5) is 10.5 Å². The van der Waals surface area contributed by atoms with E-state index in [1.54, 1.807) is 26.0 Å². The van der Waals surface area contributed by atoms with E-state index in [1.165, 1.54) is 0 Å². The molecule has 1 heterocycles. The van der Waals surface area contributed by atoms with E-state index in [4.69, 9.17) is 4.42 Å². The van der Waals surface area contributed by atoms with Crippen LogP contribution in [0.5, 0.6) is 0 Å². The predicted molar refractivity (Wildman–Crippen MR) is 83.7 cm³/mol. The van der Waals surface area contributed by atoms with Gasteiger partial charge in [-0.05, 0) is 51.0 Å². The number of furan rings is 1. The molecule has 22 heavy (non-hydrogen) atoms. The molecule has 0 unspecified atom stereocenters. The number of carbonyl (C=O) groups excluding carboxylic acids is 2. The molecule has 116 valence electrons. The average molecular weight is 301 g/mol. The molecule has 0 aliphatic rings. The second-order valence-corrected chi connectivity index (χ2v) is 5.11. The maximum absolute atomic E-state index is 11.9. The van der Waals surface area contributed by atoms with Gasteiger partial charge in [0.2, 0.25) is 0 Å². The number of hydrogen-bond acceptors (Lipinski definition) is 3. The molecule has 1 aromatic heterocycles. The Labute approximate surface area is 128 Å². The van der Waals surface area contributed by atoms with Crippen LogP contribution in [0.25, 0.3) is 0 Å². The fraction of sp³-hybridized carbons (Fsp3) is 0.250. The normalized spacial score (nSPS) is 10.2. The molecule has 0 radical (unpaired) electrons. The number of hydrogen-bond donors (Lipinski definition) is 3. The lowest BCUT2D eigenvalue weighted by Crippen LogP contribution is -2.44. The van der Waals surface area contributed by atoms with Crippen molar-refractivity contribution in [3.05, 3.63) is 52.5 Å². The van der Waals surface area contributed by atoms with Crippen LogP contribution in [-0.2, 0) is 0 Å². The van der Waals surface area contributed by atoms with E-state index in [9.17, 15) is 9.59 Å². The molecule has 3 N–H and O–H groups in total. The van der Waals surface area contributed by atoms with Gasteiger partial charge in [-0.2, -0.15) is 0 Å². The summed E-state index contributed by atoms with van der Waals surface area (Å²) in [6.45, 7) is 7.33. The van der Waals surface area contributed by atoms with Gasteiger partial charge in [-0.15, -0.1) is 0 Å². The Bertz CT molecular complexity index is 719. The van der Waals surface area contributed by atoms with Gasteiger partial charge in [0.1, 0.15) is 11.5 Å². The summed E-state index contributed by atoms with van der Waals surface area (Å²) >= 11 is 0. The first-order chi connectivity index (χ1) is 10.4. The standard InChI is InChI=1S/C16H19N3O3/c1-9-6-5-7-14(11(9)3)17-16(21)19-18-15(20)13-8-10(2)22-12(13)4/h5-8H,1-4H3,(H,18,20)(H2,17,19,21). The summed E-state index contributed by atoms with van der Waals surface area (Å²) < 4.78 is 5.28. The summed E-state index contributed by atoms with van der Waals surface area (Å²) in [6.07, 6.45) is 0. The lowest BCUT2D eigenvalue weighted by molar-refractivity contribution is 0.0936. The highest BCUT2D eigenvalue weighted by molar-refractivity contribution is 5.98. The molecule has 0 aliphatic carbocycles. The third-order valence-electron chi connectivity index (χ3n) is 3.43. The van der Waals surface area contributed by atoms with E-state index in [-0.39, 0.29) is 0 Å². The molecule has 2 rings (SSSR count). The van der Waals surface area contributed by atoms with Crippen molar-refractivity contribution in [3.8, 4) is 0 Å². The summed E-state index contributed by atoms with van der Waals surface area (Å²) in [7, 11) is 0. The molecule has 0 fully saturated rings. The van der Waals surface area contributed by atoms with Crippen LogP contribution in [0, 0.1) is 27.7 Å². The Kier molecular flexibility index (Phi) is 4.50. The molecular formula is C16H19N3O3. The van der Waals surface area contributed by atoms with Gasteiger partial charge < -0.3 is 9.73 Å². The first-order valence-electron chi connectivity index (χ1n) is 6.89. The van der Waals surface area contributed by atoms with E-state index < -0.39 is 11.9 Å². The highest BCUT2D eigenvalue weighted by Gasteiger charge is 2.14. The molecule has 6 heteroatoms. The van der Waals surface area contributed by atoms with Gasteiger partial charge in [-0.3, -0.25) is 10.2 Å². The van der Waals surface area contributed by atoms with Crippen molar-refractivity contribution in [1.82, 2.24) is 10.9 Å². The van der Waals surface area contributed by atoms with Gasteiger partial charge >= 0.3 is 6.03 Å². The number of anilines is 1. The number of aryl methyl sites for hydroxylation is 3. The zero-order chi connectivity index (χ0) is 16.3. The van der Waals surface area contributed by atoms with Crippen molar-refractivity contribution in [2.24, 2.45) is 0 Å². The van der Waals surface area contributed by atoms with Crippen LogP contribution >= 0.6 is 0 Å². The van der Waals surface area contributed by atoms with Crippen molar-refractivity contribution < 1.29 is 14.0 Å². The van der Waals surface area contributed by atoms with Crippen molar-refractivity contribution in [2.45, 2.75) is 27.7 Å². The predicted octanol–water partition coefficient (Wildman–Crippen LogP) is 2.98. The highest BCUT2D eigenvalue weighted by atomic mass is 16.3. The Morgan fingerprint density at radius 1 is 1.05 bits per heavy atom. The molecule has 0 atom stereocenters. The monoisotopic (exact) mass is 301 g/mol. The first-order valence-corrected chi connectivity index (χ1v) is 6.89. The third kappa shape index (κ3) is 3.46. The van der Waals surface area contributed by atoms with E-state index in [0.717, 1.165) is 11.1 Å². The van der Waals surface area contributed by atoms with Crippen molar-refractivity contribution in [2.75, 3.05) is 5.32 Å². The minimum Gasteiger partial charge on any atom is -0.466 e. The summed E-state index contributed by atoms with van der Waals surface area (Å²) in [6, 6.07) is 6.72. The van der Waals surface area contributed by atoms with Gasteiger partial charge in [-0.25, -0.2) is 10.2 Å². The maximum Gasteiger partial charge on any atom is 0.337 e. The molecule has 0 saturated carbocycles. The van der Waals surface area contributed by atoms with E-state index >= 15 is 0 Å². The quantitative estimate of drug-likeness (QED) is 0.746. The zero-order valence-corrected chi connectivity index (χ0v) is 13.0. The molecule has 0 aliphatic heterocycles. The number of benzene rings is 1. The number of urea groups is 1. The Morgan fingerprint density at radius 2 is 1.77 bits per heavy atom. The summed E-state index contributed by atoms with van der Waals surface area (Å²) in [5.74, 6) is 0.722. The molecule has 2 aromatic rings. The molecule has 0 saturated heterocycles. The number of carbonyl (C=O) groups is 2. The number of rotatable bonds is 2. The minimum atomic E-state index is -0.514. The van der Waals surface area contributed by atoms with Crippen LogP contribution in [0.1, 0.15) is 33.0 Å². The largest absolute Gasteiger partial charge is 0.466 e. The highest BCUT2D eigenvalue weighted by Crippen LogP contribution is 2.17. The van der Waals surface area contributed by atoms with Gasteiger partial charge in [-0.1, -0.05) is 12.1 Å². The van der Waals surface area contributed by atoms with Gasteiger partial charge in [0.25, 0.3) is 5.91 Å². The third-order valence-corrected chi connectivity index (χ3v) is 3.43. The molecule has 3 amide bonds. The molecule has 0 bridgehead atoms. The zero-order valence-electron chi connectivity index (χ0n) is 13.0. The summed E-state index contributed by atoms with van der Waals surface area (Å²) in [5, 5.41) is 2.69. The lowest BCUT2D eigenvalue weighted by Gasteiger charge is -2.11. The molecular weight excluding hydrogens is 282 g/mol. The Morgan fingerprint density at radius 3 is 2.41 bits per heavy atom. The fourth-order valence-corrected chi connectivity index (χ4v) is 2.08. The second-order valence-electron chi connectivity index (χ2n) is 5.11. The number of amides is 3. The van der Waals surface area contributed by atoms with Crippen LogP contribution in [-0.4, -0.2) is 11.9 Å². The average Bonchev–Trinajstić information content (AvgIpc) is 2.80. The van der Waals surface area contributed by atoms with Gasteiger partial charge in [0.05, 0.1) is 5.56 Å². The summed E-state index contributed by atoms with van der Waals surface area (Å²) in [5.41, 5.74) is 7.81.